The third kappa shape index (κ3) is 2.00. The number of benzene rings is 1. The SMILES string of the molecule is Cc1cc(C)c(C2(CN)CS(=O)(=O)C2)c(C)c1. The van der Waals surface area contributed by atoms with E-state index in [-0.39, 0.29) is 16.9 Å². The Hall–Kier alpha value is -0.870. The molecule has 4 heteroatoms. The van der Waals surface area contributed by atoms with E-state index in [1.165, 1.54) is 5.56 Å². The summed E-state index contributed by atoms with van der Waals surface area (Å²) in [4.78, 5) is 0. The molecule has 1 aliphatic rings. The van der Waals surface area contributed by atoms with Gasteiger partial charge in [-0.3, -0.25) is 0 Å². The fraction of sp³-hybridized carbons (Fsp3) is 0.538. The minimum atomic E-state index is -2.87. The molecule has 94 valence electrons. The van der Waals surface area contributed by atoms with Gasteiger partial charge in [0.1, 0.15) is 0 Å². The minimum Gasteiger partial charge on any atom is -0.330 e. The van der Waals surface area contributed by atoms with Gasteiger partial charge >= 0.3 is 0 Å². The van der Waals surface area contributed by atoms with Gasteiger partial charge in [0.25, 0.3) is 0 Å². The van der Waals surface area contributed by atoms with Crippen LogP contribution in [0.2, 0.25) is 0 Å². The molecule has 2 N–H and O–H groups in total. The van der Waals surface area contributed by atoms with Gasteiger partial charge < -0.3 is 5.73 Å². The molecule has 1 fully saturated rings. The van der Waals surface area contributed by atoms with E-state index in [9.17, 15) is 8.42 Å². The Balaban J connectivity index is 2.54. The van der Waals surface area contributed by atoms with Crippen LogP contribution in [0.25, 0.3) is 0 Å². The maximum absolute atomic E-state index is 11.5. The van der Waals surface area contributed by atoms with Crippen LogP contribution in [-0.4, -0.2) is 26.5 Å². The first kappa shape index (κ1) is 12.6. The lowest BCUT2D eigenvalue weighted by Crippen LogP contribution is -2.57. The van der Waals surface area contributed by atoms with Gasteiger partial charge in [-0.25, -0.2) is 8.42 Å². The van der Waals surface area contributed by atoms with Crippen molar-refractivity contribution in [2.45, 2.75) is 26.2 Å². The average Bonchev–Trinajstić information content (AvgIpc) is 2.12. The second kappa shape index (κ2) is 3.82. The quantitative estimate of drug-likeness (QED) is 0.862. The van der Waals surface area contributed by atoms with Crippen LogP contribution in [0.4, 0.5) is 0 Å². The van der Waals surface area contributed by atoms with Gasteiger partial charge in [-0.2, -0.15) is 0 Å². The predicted molar refractivity (Wildman–Crippen MR) is 70.0 cm³/mol. The molecular weight excluding hydrogens is 234 g/mol. The molecule has 0 spiro atoms. The molecular formula is C13H19NO2S. The summed E-state index contributed by atoms with van der Waals surface area (Å²) in [6, 6.07) is 4.20. The van der Waals surface area contributed by atoms with Crippen molar-refractivity contribution < 1.29 is 8.42 Å². The standard InChI is InChI=1S/C13H19NO2S/c1-9-4-10(2)12(11(3)5-9)13(6-14)7-17(15,16)8-13/h4-5H,6-8,14H2,1-3H3. The number of rotatable bonds is 2. The molecule has 0 radical (unpaired) electrons. The summed E-state index contributed by atoms with van der Waals surface area (Å²) in [6.45, 7) is 6.53. The topological polar surface area (TPSA) is 60.2 Å². The number of nitrogens with two attached hydrogens (primary N) is 1. The van der Waals surface area contributed by atoms with E-state index in [4.69, 9.17) is 5.73 Å². The molecule has 1 heterocycles. The Bertz CT molecular complexity index is 526. The molecule has 0 aliphatic carbocycles. The maximum Gasteiger partial charge on any atom is 0.152 e. The lowest BCUT2D eigenvalue weighted by molar-refractivity contribution is 0.461. The van der Waals surface area contributed by atoms with Gasteiger partial charge in [0, 0.05) is 12.0 Å². The summed E-state index contributed by atoms with van der Waals surface area (Å²) >= 11 is 0. The summed E-state index contributed by atoms with van der Waals surface area (Å²) in [7, 11) is -2.87. The highest BCUT2D eigenvalue weighted by Gasteiger charge is 2.49. The Kier molecular flexibility index (Phi) is 2.83. The van der Waals surface area contributed by atoms with Crippen molar-refractivity contribution in [1.29, 1.82) is 0 Å². The van der Waals surface area contributed by atoms with Crippen molar-refractivity contribution in [2.75, 3.05) is 18.1 Å². The lowest BCUT2D eigenvalue weighted by Gasteiger charge is -2.42. The number of sulfone groups is 1. The summed E-state index contributed by atoms with van der Waals surface area (Å²) in [6.07, 6.45) is 0. The Morgan fingerprint density at radius 3 is 2.00 bits per heavy atom. The first-order chi connectivity index (χ1) is 7.80. The zero-order valence-electron chi connectivity index (χ0n) is 10.6. The monoisotopic (exact) mass is 253 g/mol. The van der Waals surface area contributed by atoms with Crippen molar-refractivity contribution in [3.63, 3.8) is 0 Å². The first-order valence-corrected chi connectivity index (χ1v) is 7.61. The van der Waals surface area contributed by atoms with Crippen molar-refractivity contribution in [1.82, 2.24) is 0 Å². The third-order valence-corrected chi connectivity index (χ3v) is 5.58. The molecule has 0 unspecified atom stereocenters. The number of hydrogen-bond donors (Lipinski definition) is 1. The van der Waals surface area contributed by atoms with Crippen molar-refractivity contribution in [2.24, 2.45) is 5.73 Å². The second-order valence-electron chi connectivity index (χ2n) is 5.29. The molecule has 0 saturated carbocycles. The van der Waals surface area contributed by atoms with Crippen LogP contribution in [0.1, 0.15) is 22.3 Å². The fourth-order valence-corrected chi connectivity index (χ4v) is 5.30. The third-order valence-electron chi connectivity index (χ3n) is 3.59. The zero-order valence-corrected chi connectivity index (χ0v) is 11.4. The van der Waals surface area contributed by atoms with Crippen LogP contribution in [-0.2, 0) is 15.3 Å². The van der Waals surface area contributed by atoms with Gasteiger partial charge in [0.2, 0.25) is 0 Å². The van der Waals surface area contributed by atoms with Crippen LogP contribution in [0.3, 0.4) is 0 Å². The van der Waals surface area contributed by atoms with Crippen LogP contribution < -0.4 is 5.73 Å². The number of aryl methyl sites for hydroxylation is 3. The van der Waals surface area contributed by atoms with E-state index in [2.05, 4.69) is 19.1 Å². The Labute approximate surface area is 103 Å². The fourth-order valence-electron chi connectivity index (χ4n) is 3.18. The van der Waals surface area contributed by atoms with E-state index in [0.717, 1.165) is 16.7 Å². The highest BCUT2D eigenvalue weighted by atomic mass is 32.2. The van der Waals surface area contributed by atoms with Gasteiger partial charge in [0.05, 0.1) is 11.5 Å². The largest absolute Gasteiger partial charge is 0.330 e. The maximum atomic E-state index is 11.5. The molecule has 1 aliphatic heterocycles. The molecule has 17 heavy (non-hydrogen) atoms. The van der Waals surface area contributed by atoms with Crippen molar-refractivity contribution in [3.05, 3.63) is 34.4 Å². The molecule has 0 atom stereocenters. The van der Waals surface area contributed by atoms with Gasteiger partial charge in [-0.1, -0.05) is 17.7 Å². The average molecular weight is 253 g/mol. The van der Waals surface area contributed by atoms with E-state index in [1.54, 1.807) is 0 Å². The second-order valence-corrected chi connectivity index (χ2v) is 7.35. The molecule has 0 bridgehead atoms. The van der Waals surface area contributed by atoms with Crippen LogP contribution in [0.5, 0.6) is 0 Å². The van der Waals surface area contributed by atoms with Gasteiger partial charge in [-0.15, -0.1) is 0 Å². The predicted octanol–water partition coefficient (Wildman–Crippen LogP) is 1.24. The summed E-state index contributed by atoms with van der Waals surface area (Å²) < 4.78 is 22.9. The van der Waals surface area contributed by atoms with Crippen molar-refractivity contribution in [3.8, 4) is 0 Å². The van der Waals surface area contributed by atoms with Crippen LogP contribution in [0.15, 0.2) is 12.1 Å². The van der Waals surface area contributed by atoms with Crippen molar-refractivity contribution >= 4 is 9.84 Å². The molecule has 2 rings (SSSR count). The Morgan fingerprint density at radius 1 is 1.18 bits per heavy atom. The highest BCUT2D eigenvalue weighted by molar-refractivity contribution is 7.93. The molecule has 0 aromatic heterocycles. The summed E-state index contributed by atoms with van der Waals surface area (Å²) in [5.74, 6) is 0.391. The molecule has 0 amide bonds. The normalized spacial score (nSPS) is 20.9. The first-order valence-electron chi connectivity index (χ1n) is 5.78. The summed E-state index contributed by atoms with van der Waals surface area (Å²) in [5, 5.41) is 0. The summed E-state index contributed by atoms with van der Waals surface area (Å²) in [5.41, 5.74) is 10.1. The molecule has 1 saturated heterocycles. The van der Waals surface area contributed by atoms with Crippen LogP contribution in [0, 0.1) is 20.8 Å². The lowest BCUT2D eigenvalue weighted by atomic mass is 9.78. The van der Waals surface area contributed by atoms with E-state index in [1.807, 2.05) is 13.8 Å². The smallest absolute Gasteiger partial charge is 0.152 e. The van der Waals surface area contributed by atoms with Gasteiger partial charge in [-0.05, 0) is 37.5 Å². The van der Waals surface area contributed by atoms with Gasteiger partial charge in [0.15, 0.2) is 9.84 Å². The molecule has 3 nitrogen and oxygen atoms in total. The van der Waals surface area contributed by atoms with Crippen LogP contribution >= 0.6 is 0 Å². The molecule has 1 aromatic carbocycles. The Morgan fingerprint density at radius 2 is 1.65 bits per heavy atom. The minimum absolute atomic E-state index is 0.196. The van der Waals surface area contributed by atoms with E-state index < -0.39 is 9.84 Å². The zero-order chi connectivity index (χ0) is 12.8. The molecule has 1 aromatic rings. The number of hydrogen-bond acceptors (Lipinski definition) is 3. The highest BCUT2D eigenvalue weighted by Crippen LogP contribution is 2.39. The van der Waals surface area contributed by atoms with E-state index >= 15 is 0 Å². The van der Waals surface area contributed by atoms with E-state index in [0.29, 0.717) is 6.54 Å².